The molecule has 1 aromatic rings. The Morgan fingerprint density at radius 3 is 2.94 bits per heavy atom. The minimum absolute atomic E-state index is 0.220. The van der Waals surface area contributed by atoms with Crippen LogP contribution in [0.3, 0.4) is 0 Å². The number of ether oxygens (including phenoxy) is 1. The van der Waals surface area contributed by atoms with Gasteiger partial charge in [0, 0.05) is 19.9 Å². The predicted octanol–water partition coefficient (Wildman–Crippen LogP) is -0.348. The van der Waals surface area contributed by atoms with E-state index in [4.69, 9.17) is 9.84 Å². The lowest BCUT2D eigenvalue weighted by atomic mass is 10.4. The van der Waals surface area contributed by atoms with Crippen molar-refractivity contribution in [1.29, 1.82) is 0 Å². The summed E-state index contributed by atoms with van der Waals surface area (Å²) in [5, 5.41) is 11.3. The number of nitrogens with zero attached hydrogens (tertiary/aromatic N) is 2. The third-order valence-corrected chi connectivity index (χ3v) is 2.16. The average molecular weight is 256 g/mol. The molecule has 0 bridgehead atoms. The molecule has 0 unspecified atom stereocenters. The van der Waals surface area contributed by atoms with Crippen LogP contribution in [0.5, 0.6) is 0 Å². The number of carboxylic acids is 1. The Balaban J connectivity index is 2.44. The van der Waals surface area contributed by atoms with Crippen LogP contribution < -0.4 is 5.32 Å². The van der Waals surface area contributed by atoms with E-state index in [0.717, 1.165) is 5.69 Å². The molecule has 0 aliphatic carbocycles. The quantitative estimate of drug-likeness (QED) is 0.618. The maximum atomic E-state index is 11.7. The lowest BCUT2D eigenvalue weighted by molar-refractivity contribution is -0.137. The summed E-state index contributed by atoms with van der Waals surface area (Å²) in [5.74, 6) is -1.07. The molecule has 0 aliphatic heterocycles. The topological polar surface area (TPSA) is 108 Å². The molecule has 8 nitrogen and oxygen atoms in total. The highest BCUT2D eigenvalue weighted by atomic mass is 16.5. The van der Waals surface area contributed by atoms with Gasteiger partial charge in [-0.1, -0.05) is 0 Å². The summed E-state index contributed by atoms with van der Waals surface area (Å²) >= 11 is 0. The minimum Gasteiger partial charge on any atom is -0.480 e. The predicted molar refractivity (Wildman–Crippen MR) is 61.9 cm³/mol. The van der Waals surface area contributed by atoms with Gasteiger partial charge in [-0.3, -0.25) is 4.79 Å². The number of urea groups is 1. The molecule has 0 saturated heterocycles. The number of aliphatic carboxylic acids is 1. The maximum absolute atomic E-state index is 11.7. The summed E-state index contributed by atoms with van der Waals surface area (Å²) in [7, 11) is 1.49. The number of imidazole rings is 1. The minimum atomic E-state index is -1.07. The first-order valence-corrected chi connectivity index (χ1v) is 5.34. The van der Waals surface area contributed by atoms with E-state index in [1.807, 2.05) is 0 Å². The Bertz CT molecular complexity index is 379. The molecular weight excluding hydrogens is 240 g/mol. The van der Waals surface area contributed by atoms with E-state index in [1.165, 1.54) is 18.3 Å². The first-order chi connectivity index (χ1) is 8.63. The van der Waals surface area contributed by atoms with Gasteiger partial charge < -0.3 is 25.0 Å². The van der Waals surface area contributed by atoms with Crippen molar-refractivity contribution in [1.82, 2.24) is 20.2 Å². The first kappa shape index (κ1) is 14.0. The zero-order chi connectivity index (χ0) is 13.4. The summed E-state index contributed by atoms with van der Waals surface area (Å²) in [6.07, 6.45) is 3.08. The Morgan fingerprint density at radius 1 is 1.61 bits per heavy atom. The summed E-state index contributed by atoms with van der Waals surface area (Å²) in [6.45, 7) is 0.405. The molecule has 1 rings (SSSR count). The lowest BCUT2D eigenvalue weighted by Crippen LogP contribution is -2.44. The summed E-state index contributed by atoms with van der Waals surface area (Å²) in [5.41, 5.74) is 0.741. The molecule has 18 heavy (non-hydrogen) atoms. The number of carbonyl (C=O) groups excluding carboxylic acids is 1. The van der Waals surface area contributed by atoms with Crippen molar-refractivity contribution in [2.75, 3.05) is 26.8 Å². The van der Waals surface area contributed by atoms with Crippen molar-refractivity contribution < 1.29 is 19.4 Å². The average Bonchev–Trinajstić information content (AvgIpc) is 2.84. The Labute approximate surface area is 104 Å². The van der Waals surface area contributed by atoms with Gasteiger partial charge >= 0.3 is 12.0 Å². The lowest BCUT2D eigenvalue weighted by Gasteiger charge is -2.20. The highest BCUT2D eigenvalue weighted by Gasteiger charge is 2.16. The summed E-state index contributed by atoms with van der Waals surface area (Å²) < 4.78 is 4.82. The fourth-order valence-electron chi connectivity index (χ4n) is 1.28. The number of H-pyrrole nitrogens is 1. The van der Waals surface area contributed by atoms with Gasteiger partial charge in [-0.25, -0.2) is 9.78 Å². The second-order valence-electron chi connectivity index (χ2n) is 3.54. The number of rotatable bonds is 7. The van der Waals surface area contributed by atoms with Crippen LogP contribution in [0, 0.1) is 0 Å². The van der Waals surface area contributed by atoms with Crippen LogP contribution >= 0.6 is 0 Å². The molecular formula is C10H16N4O4. The highest BCUT2D eigenvalue weighted by molar-refractivity contribution is 5.80. The van der Waals surface area contributed by atoms with E-state index in [-0.39, 0.29) is 26.2 Å². The third kappa shape index (κ3) is 4.83. The van der Waals surface area contributed by atoms with Crippen molar-refractivity contribution in [2.24, 2.45) is 0 Å². The van der Waals surface area contributed by atoms with Crippen LogP contribution in [0.25, 0.3) is 0 Å². The van der Waals surface area contributed by atoms with Gasteiger partial charge in [0.15, 0.2) is 0 Å². The normalized spacial score (nSPS) is 10.1. The van der Waals surface area contributed by atoms with Gasteiger partial charge in [-0.05, 0) is 0 Å². The van der Waals surface area contributed by atoms with Crippen LogP contribution in [0.15, 0.2) is 12.5 Å². The maximum Gasteiger partial charge on any atom is 0.323 e. The second kappa shape index (κ2) is 7.28. The van der Waals surface area contributed by atoms with E-state index < -0.39 is 12.0 Å². The van der Waals surface area contributed by atoms with Gasteiger partial charge in [0.05, 0.1) is 25.2 Å². The van der Waals surface area contributed by atoms with Crippen LogP contribution in [0.1, 0.15) is 5.69 Å². The molecule has 1 aromatic heterocycles. The van der Waals surface area contributed by atoms with Gasteiger partial charge in [-0.2, -0.15) is 0 Å². The standard InChI is InChI=1S/C10H16N4O4/c1-18-3-2-14(6-9(15)16)10(17)12-5-8-4-11-7-13-8/h4,7H,2-3,5-6H2,1H3,(H,11,13)(H,12,17)(H,15,16). The van der Waals surface area contributed by atoms with E-state index in [9.17, 15) is 9.59 Å². The monoisotopic (exact) mass is 256 g/mol. The largest absolute Gasteiger partial charge is 0.480 e. The van der Waals surface area contributed by atoms with Crippen LogP contribution in [0.2, 0.25) is 0 Å². The molecule has 0 radical (unpaired) electrons. The zero-order valence-electron chi connectivity index (χ0n) is 10.0. The number of aromatic nitrogens is 2. The van der Waals surface area contributed by atoms with Crippen molar-refractivity contribution >= 4 is 12.0 Å². The first-order valence-electron chi connectivity index (χ1n) is 5.34. The van der Waals surface area contributed by atoms with E-state index >= 15 is 0 Å². The van der Waals surface area contributed by atoms with Crippen LogP contribution in [-0.2, 0) is 16.1 Å². The number of methoxy groups -OCH3 is 1. The molecule has 1 heterocycles. The summed E-state index contributed by atoms with van der Waals surface area (Å²) in [6, 6.07) is -0.455. The van der Waals surface area contributed by atoms with Gasteiger partial charge in [0.2, 0.25) is 0 Å². The molecule has 100 valence electrons. The molecule has 0 atom stereocenters. The Morgan fingerprint density at radius 2 is 2.39 bits per heavy atom. The smallest absolute Gasteiger partial charge is 0.323 e. The van der Waals surface area contributed by atoms with Crippen LogP contribution in [0.4, 0.5) is 4.79 Å². The van der Waals surface area contributed by atoms with Crippen LogP contribution in [-0.4, -0.2) is 58.8 Å². The molecule has 0 saturated carbocycles. The molecule has 2 amide bonds. The van der Waals surface area contributed by atoms with Gasteiger partial charge in [0.25, 0.3) is 0 Å². The molecule has 0 spiro atoms. The third-order valence-electron chi connectivity index (χ3n) is 2.16. The number of hydrogen-bond acceptors (Lipinski definition) is 4. The number of amides is 2. The van der Waals surface area contributed by atoms with E-state index in [2.05, 4.69) is 15.3 Å². The van der Waals surface area contributed by atoms with Crippen molar-refractivity contribution in [3.05, 3.63) is 18.2 Å². The van der Waals surface area contributed by atoms with Gasteiger partial charge in [-0.15, -0.1) is 0 Å². The molecule has 3 N–H and O–H groups in total. The second-order valence-corrected chi connectivity index (χ2v) is 3.54. The summed E-state index contributed by atoms with van der Waals surface area (Å²) in [4.78, 5) is 30.2. The molecule has 0 fully saturated rings. The van der Waals surface area contributed by atoms with Crippen molar-refractivity contribution in [3.8, 4) is 0 Å². The molecule has 8 heteroatoms. The molecule has 0 aliphatic rings. The highest BCUT2D eigenvalue weighted by Crippen LogP contribution is 1.94. The number of aromatic amines is 1. The Hall–Kier alpha value is -2.09. The van der Waals surface area contributed by atoms with Crippen molar-refractivity contribution in [3.63, 3.8) is 0 Å². The van der Waals surface area contributed by atoms with E-state index in [1.54, 1.807) is 6.20 Å². The van der Waals surface area contributed by atoms with Crippen molar-refractivity contribution in [2.45, 2.75) is 6.54 Å². The fourth-order valence-corrected chi connectivity index (χ4v) is 1.28. The number of hydrogen-bond donors (Lipinski definition) is 3. The van der Waals surface area contributed by atoms with E-state index in [0.29, 0.717) is 0 Å². The number of nitrogens with one attached hydrogen (secondary N) is 2. The number of carbonyl (C=O) groups is 2. The SMILES string of the molecule is COCCN(CC(=O)O)C(=O)NCc1cnc[nH]1. The van der Waals surface area contributed by atoms with Gasteiger partial charge in [0.1, 0.15) is 6.54 Å². The fraction of sp³-hybridized carbons (Fsp3) is 0.500. The zero-order valence-corrected chi connectivity index (χ0v) is 10.0. The Kier molecular flexibility index (Phi) is 5.65. The molecule has 0 aromatic carbocycles. The number of carboxylic acid groups (broad SMARTS) is 1.